The lowest BCUT2D eigenvalue weighted by Crippen LogP contribution is -2.52. The van der Waals surface area contributed by atoms with E-state index >= 15 is 0 Å². The highest BCUT2D eigenvalue weighted by Gasteiger charge is 2.30. The van der Waals surface area contributed by atoms with Crippen LogP contribution in [0, 0.1) is 5.41 Å². The van der Waals surface area contributed by atoms with Gasteiger partial charge >= 0.3 is 0 Å². The van der Waals surface area contributed by atoms with E-state index in [1.165, 1.54) is 6.92 Å². The Hall–Kier alpha value is -0.900. The predicted molar refractivity (Wildman–Crippen MR) is 60.6 cm³/mol. The van der Waals surface area contributed by atoms with Gasteiger partial charge in [0.2, 0.25) is 5.91 Å². The van der Waals surface area contributed by atoms with Crippen molar-refractivity contribution in [2.45, 2.75) is 46.7 Å². The fourth-order valence-electron chi connectivity index (χ4n) is 1.33. The summed E-state index contributed by atoms with van der Waals surface area (Å²) in [5.41, 5.74) is -0.255. The van der Waals surface area contributed by atoms with Gasteiger partial charge in [0.05, 0.1) is 12.1 Å². The van der Waals surface area contributed by atoms with Gasteiger partial charge in [-0.25, -0.2) is 0 Å². The second kappa shape index (κ2) is 5.26. The number of carbonyl (C=O) groups is 2. The van der Waals surface area contributed by atoms with E-state index in [1.807, 2.05) is 20.8 Å². The van der Waals surface area contributed by atoms with Crippen molar-refractivity contribution < 1.29 is 9.59 Å². The van der Waals surface area contributed by atoms with Gasteiger partial charge < -0.3 is 10.6 Å². The van der Waals surface area contributed by atoms with Crippen molar-refractivity contribution in [1.82, 2.24) is 10.6 Å². The summed E-state index contributed by atoms with van der Waals surface area (Å²) in [5, 5.41) is 5.59. The molecule has 0 spiro atoms. The molecule has 4 heteroatoms. The van der Waals surface area contributed by atoms with Crippen LogP contribution < -0.4 is 10.6 Å². The van der Waals surface area contributed by atoms with Crippen LogP contribution in [-0.4, -0.2) is 30.8 Å². The van der Waals surface area contributed by atoms with E-state index < -0.39 is 6.04 Å². The summed E-state index contributed by atoms with van der Waals surface area (Å²) in [6.07, 6.45) is 0. The number of rotatable bonds is 4. The van der Waals surface area contributed by atoms with Crippen LogP contribution >= 0.6 is 0 Å². The van der Waals surface area contributed by atoms with Gasteiger partial charge in [-0.2, -0.15) is 0 Å². The smallest absolute Gasteiger partial charge is 0.237 e. The molecule has 0 radical (unpaired) electrons. The van der Waals surface area contributed by atoms with Gasteiger partial charge in [0, 0.05) is 0 Å². The molecule has 0 aromatic carbocycles. The van der Waals surface area contributed by atoms with Crippen LogP contribution in [0.1, 0.15) is 34.6 Å². The van der Waals surface area contributed by atoms with Gasteiger partial charge in [-0.05, 0) is 26.3 Å². The highest BCUT2D eigenvalue weighted by atomic mass is 16.2. The molecule has 0 aromatic heterocycles. The fraction of sp³-hybridized carbons (Fsp3) is 0.818. The molecule has 0 aliphatic heterocycles. The molecule has 4 nitrogen and oxygen atoms in total. The van der Waals surface area contributed by atoms with Gasteiger partial charge in [0.15, 0.2) is 5.78 Å². The van der Waals surface area contributed by atoms with Gasteiger partial charge in [0.1, 0.15) is 0 Å². The first-order valence-corrected chi connectivity index (χ1v) is 5.18. The topological polar surface area (TPSA) is 58.2 Å². The molecule has 0 bridgehead atoms. The van der Waals surface area contributed by atoms with E-state index in [1.54, 1.807) is 14.0 Å². The number of carbonyl (C=O) groups excluding carboxylic acids is 2. The second-order valence-electron chi connectivity index (χ2n) is 4.93. The summed E-state index contributed by atoms with van der Waals surface area (Å²) in [4.78, 5) is 23.0. The van der Waals surface area contributed by atoms with E-state index in [2.05, 4.69) is 10.6 Å². The largest absolute Gasteiger partial charge is 0.344 e. The molecule has 0 unspecified atom stereocenters. The molecule has 0 fully saturated rings. The third-order valence-corrected chi connectivity index (χ3v) is 2.39. The molecule has 2 N–H and O–H groups in total. The van der Waals surface area contributed by atoms with Crippen LogP contribution in [0.25, 0.3) is 0 Å². The zero-order valence-electron chi connectivity index (χ0n) is 10.5. The number of Topliss-reactive ketones (excluding diaryl/α,β-unsaturated/α-hetero) is 1. The molecular weight excluding hydrogens is 192 g/mol. The molecule has 0 aliphatic carbocycles. The van der Waals surface area contributed by atoms with Crippen LogP contribution in [0.4, 0.5) is 0 Å². The first-order valence-electron chi connectivity index (χ1n) is 5.18. The average molecular weight is 214 g/mol. The maximum Gasteiger partial charge on any atom is 0.237 e. The van der Waals surface area contributed by atoms with E-state index in [-0.39, 0.29) is 23.1 Å². The number of nitrogens with one attached hydrogen (secondary N) is 2. The molecule has 0 rings (SSSR count). The molecule has 0 saturated carbocycles. The van der Waals surface area contributed by atoms with Crippen LogP contribution in [0.5, 0.6) is 0 Å². The van der Waals surface area contributed by atoms with Crippen LogP contribution in [0.2, 0.25) is 0 Å². The number of ketones is 1. The van der Waals surface area contributed by atoms with Crippen molar-refractivity contribution in [3.8, 4) is 0 Å². The Morgan fingerprint density at radius 1 is 1.20 bits per heavy atom. The lowest BCUT2D eigenvalue weighted by molar-refractivity contribution is -0.130. The van der Waals surface area contributed by atoms with Gasteiger partial charge in [-0.3, -0.25) is 9.59 Å². The van der Waals surface area contributed by atoms with Crippen LogP contribution in [-0.2, 0) is 9.59 Å². The zero-order chi connectivity index (χ0) is 12.2. The lowest BCUT2D eigenvalue weighted by atomic mass is 9.84. The zero-order valence-corrected chi connectivity index (χ0v) is 10.5. The summed E-state index contributed by atoms with van der Waals surface area (Å²) in [6, 6.07) is -0.713. The molecule has 0 saturated heterocycles. The minimum absolute atomic E-state index is 0.0147. The molecule has 1 amide bonds. The van der Waals surface area contributed by atoms with E-state index in [9.17, 15) is 9.59 Å². The summed E-state index contributed by atoms with van der Waals surface area (Å²) in [5.74, 6) is -0.160. The van der Waals surface area contributed by atoms with Crippen molar-refractivity contribution in [3.05, 3.63) is 0 Å². The number of hydrogen-bond donors (Lipinski definition) is 2. The Morgan fingerprint density at radius 3 is 1.93 bits per heavy atom. The normalized spacial score (nSPS) is 15.6. The molecule has 15 heavy (non-hydrogen) atoms. The average Bonchev–Trinajstić information content (AvgIpc) is 2.09. The first kappa shape index (κ1) is 14.1. The first-order chi connectivity index (χ1) is 6.70. The minimum atomic E-state index is -0.430. The summed E-state index contributed by atoms with van der Waals surface area (Å²) in [7, 11) is 1.71. The highest BCUT2D eigenvalue weighted by molar-refractivity contribution is 5.90. The van der Waals surface area contributed by atoms with E-state index in [0.29, 0.717) is 0 Å². The lowest BCUT2D eigenvalue weighted by Gasteiger charge is -2.30. The monoisotopic (exact) mass is 214 g/mol. The third-order valence-electron chi connectivity index (χ3n) is 2.39. The van der Waals surface area contributed by atoms with Crippen molar-refractivity contribution in [1.29, 1.82) is 0 Å². The Kier molecular flexibility index (Phi) is 4.94. The highest BCUT2D eigenvalue weighted by Crippen LogP contribution is 2.19. The maximum absolute atomic E-state index is 11.6. The van der Waals surface area contributed by atoms with E-state index in [0.717, 1.165) is 0 Å². The predicted octanol–water partition coefficient (Wildman–Crippen LogP) is 0.714. The SMILES string of the molecule is CN[C@@H](C)C(=O)N[C@H](C(C)=O)C(C)(C)C. The Morgan fingerprint density at radius 2 is 1.67 bits per heavy atom. The van der Waals surface area contributed by atoms with Crippen molar-refractivity contribution in [2.75, 3.05) is 7.05 Å². The Balaban J connectivity index is 4.58. The summed E-state index contributed by atoms with van der Waals surface area (Å²) in [6.45, 7) is 9.06. The minimum Gasteiger partial charge on any atom is -0.344 e. The second-order valence-corrected chi connectivity index (χ2v) is 4.93. The van der Waals surface area contributed by atoms with Crippen molar-refractivity contribution >= 4 is 11.7 Å². The van der Waals surface area contributed by atoms with Crippen LogP contribution in [0.3, 0.4) is 0 Å². The Bertz CT molecular complexity index is 243. The standard InChI is InChI=1S/C11H22N2O2/c1-7(12-6)10(15)13-9(8(2)14)11(3,4)5/h7,9,12H,1-6H3,(H,13,15)/t7-,9+/m0/s1. The fourth-order valence-corrected chi connectivity index (χ4v) is 1.33. The molecule has 0 aliphatic rings. The number of amides is 1. The third kappa shape index (κ3) is 4.42. The number of hydrogen-bond acceptors (Lipinski definition) is 3. The van der Waals surface area contributed by atoms with Crippen molar-refractivity contribution in [3.63, 3.8) is 0 Å². The quantitative estimate of drug-likeness (QED) is 0.725. The van der Waals surface area contributed by atoms with Crippen LogP contribution in [0.15, 0.2) is 0 Å². The molecule has 0 heterocycles. The maximum atomic E-state index is 11.6. The van der Waals surface area contributed by atoms with E-state index in [4.69, 9.17) is 0 Å². The molecule has 2 atom stereocenters. The molecule has 88 valence electrons. The summed E-state index contributed by atoms with van der Waals surface area (Å²) < 4.78 is 0. The molecular formula is C11H22N2O2. The summed E-state index contributed by atoms with van der Waals surface area (Å²) >= 11 is 0. The van der Waals surface area contributed by atoms with Crippen molar-refractivity contribution in [2.24, 2.45) is 5.41 Å². The van der Waals surface area contributed by atoms with Gasteiger partial charge in [-0.15, -0.1) is 0 Å². The van der Waals surface area contributed by atoms with Gasteiger partial charge in [0.25, 0.3) is 0 Å². The number of likely N-dealkylation sites (N-methyl/N-ethyl adjacent to an activating group) is 1. The Labute approximate surface area is 91.8 Å². The molecule has 0 aromatic rings. The van der Waals surface area contributed by atoms with Gasteiger partial charge in [-0.1, -0.05) is 20.8 Å².